The molecule has 1 N–H and O–H groups in total. The van der Waals surface area contributed by atoms with Gasteiger partial charge in [0, 0.05) is 11.9 Å². The first-order chi connectivity index (χ1) is 8.69. The van der Waals surface area contributed by atoms with E-state index >= 15 is 0 Å². The number of aromatic nitrogens is 3. The van der Waals surface area contributed by atoms with Crippen molar-refractivity contribution in [3.05, 3.63) is 42.0 Å². The van der Waals surface area contributed by atoms with E-state index in [1.807, 2.05) is 13.2 Å². The number of thioether (sulfide) groups is 1. The molecule has 1 amide bonds. The quantitative estimate of drug-likeness (QED) is 0.676. The molecule has 0 aliphatic carbocycles. The minimum Gasteiger partial charge on any atom is -0.319 e. The monoisotopic (exact) mass is 260 g/mol. The second-order valence-electron chi connectivity index (χ2n) is 3.58. The molecule has 0 aromatic carbocycles. The number of rotatable bonds is 3. The van der Waals surface area contributed by atoms with Crippen LogP contribution >= 0.6 is 11.8 Å². The van der Waals surface area contributed by atoms with Gasteiger partial charge in [-0.1, -0.05) is 11.8 Å². The largest absolute Gasteiger partial charge is 0.319 e. The molecule has 0 unspecified atom stereocenters. The Balaban J connectivity index is 2.21. The number of amides is 1. The van der Waals surface area contributed by atoms with Gasteiger partial charge in [0.1, 0.15) is 5.69 Å². The highest BCUT2D eigenvalue weighted by Gasteiger charge is 2.10. The van der Waals surface area contributed by atoms with E-state index < -0.39 is 0 Å². The lowest BCUT2D eigenvalue weighted by molar-refractivity contribution is 0.102. The molecular formula is C12H12N4OS. The van der Waals surface area contributed by atoms with Crippen molar-refractivity contribution >= 4 is 23.4 Å². The van der Waals surface area contributed by atoms with Crippen molar-refractivity contribution in [2.45, 2.75) is 12.1 Å². The van der Waals surface area contributed by atoms with Gasteiger partial charge >= 0.3 is 0 Å². The van der Waals surface area contributed by atoms with Crippen LogP contribution in [-0.2, 0) is 0 Å². The number of aryl methyl sites for hydroxylation is 1. The summed E-state index contributed by atoms with van der Waals surface area (Å²) in [7, 11) is 0. The van der Waals surface area contributed by atoms with Gasteiger partial charge < -0.3 is 5.32 Å². The van der Waals surface area contributed by atoms with Crippen molar-refractivity contribution in [1.82, 2.24) is 15.0 Å². The molecule has 2 aromatic rings. The Morgan fingerprint density at radius 3 is 2.89 bits per heavy atom. The zero-order valence-corrected chi connectivity index (χ0v) is 10.9. The molecule has 92 valence electrons. The van der Waals surface area contributed by atoms with Crippen LogP contribution in [0.1, 0.15) is 16.2 Å². The summed E-state index contributed by atoms with van der Waals surface area (Å²) in [4.78, 5) is 24.3. The number of carbonyl (C=O) groups excluding carboxylic acids is 1. The molecule has 0 fully saturated rings. The van der Waals surface area contributed by atoms with E-state index in [9.17, 15) is 4.79 Å². The van der Waals surface area contributed by atoms with Crippen LogP contribution in [0.15, 0.2) is 35.7 Å². The molecule has 0 saturated carbocycles. The SMILES string of the molecule is CSc1nc(C)cc(C(=O)Nc2cccnc2)n1. The number of hydrogen-bond acceptors (Lipinski definition) is 5. The topological polar surface area (TPSA) is 67.8 Å². The summed E-state index contributed by atoms with van der Waals surface area (Å²) in [6.45, 7) is 1.84. The molecule has 2 aromatic heterocycles. The van der Waals surface area contributed by atoms with Gasteiger partial charge in [0.05, 0.1) is 11.9 Å². The first-order valence-corrected chi connectivity index (χ1v) is 6.52. The lowest BCUT2D eigenvalue weighted by Crippen LogP contribution is -2.15. The molecule has 0 aliphatic rings. The lowest BCUT2D eigenvalue weighted by atomic mass is 10.3. The molecule has 0 saturated heterocycles. The van der Waals surface area contributed by atoms with E-state index in [1.165, 1.54) is 11.8 Å². The van der Waals surface area contributed by atoms with Gasteiger partial charge in [-0.2, -0.15) is 0 Å². The fourth-order valence-electron chi connectivity index (χ4n) is 1.38. The van der Waals surface area contributed by atoms with Crippen molar-refractivity contribution < 1.29 is 4.79 Å². The van der Waals surface area contributed by atoms with Crippen LogP contribution in [0.5, 0.6) is 0 Å². The summed E-state index contributed by atoms with van der Waals surface area (Å²) < 4.78 is 0. The Hall–Kier alpha value is -1.95. The van der Waals surface area contributed by atoms with Gasteiger partial charge in [-0.25, -0.2) is 9.97 Å². The van der Waals surface area contributed by atoms with Gasteiger partial charge in [0.2, 0.25) is 0 Å². The Morgan fingerprint density at radius 2 is 2.22 bits per heavy atom. The van der Waals surface area contributed by atoms with Crippen molar-refractivity contribution in [1.29, 1.82) is 0 Å². The van der Waals surface area contributed by atoms with E-state index in [0.29, 0.717) is 16.5 Å². The molecule has 0 bridgehead atoms. The van der Waals surface area contributed by atoms with E-state index in [-0.39, 0.29) is 5.91 Å². The molecule has 0 aliphatic heterocycles. The maximum absolute atomic E-state index is 12.0. The molecular weight excluding hydrogens is 248 g/mol. The van der Waals surface area contributed by atoms with Crippen LogP contribution < -0.4 is 5.32 Å². The predicted molar refractivity (Wildman–Crippen MR) is 70.7 cm³/mol. The first-order valence-electron chi connectivity index (χ1n) is 5.30. The summed E-state index contributed by atoms with van der Waals surface area (Å²) in [5.74, 6) is -0.260. The third kappa shape index (κ3) is 3.04. The fraction of sp³-hybridized carbons (Fsp3) is 0.167. The average molecular weight is 260 g/mol. The molecule has 18 heavy (non-hydrogen) atoms. The van der Waals surface area contributed by atoms with Gasteiger partial charge in [-0.15, -0.1) is 0 Å². The molecule has 6 heteroatoms. The zero-order valence-electron chi connectivity index (χ0n) is 10.0. The fourth-order valence-corrected chi connectivity index (χ4v) is 1.81. The van der Waals surface area contributed by atoms with E-state index in [1.54, 1.807) is 30.6 Å². The Bertz CT molecular complexity index is 559. The van der Waals surface area contributed by atoms with Crippen LogP contribution in [-0.4, -0.2) is 27.1 Å². The van der Waals surface area contributed by atoms with Gasteiger partial charge in [0.15, 0.2) is 5.16 Å². The normalized spacial score (nSPS) is 10.1. The summed E-state index contributed by atoms with van der Waals surface area (Å²) in [5, 5.41) is 3.32. The van der Waals surface area contributed by atoms with Crippen molar-refractivity contribution in [3.63, 3.8) is 0 Å². The number of pyridine rings is 1. The Kier molecular flexibility index (Phi) is 3.88. The summed E-state index contributed by atoms with van der Waals surface area (Å²) in [5.41, 5.74) is 1.77. The van der Waals surface area contributed by atoms with Crippen molar-refractivity contribution in [2.24, 2.45) is 0 Å². The van der Waals surface area contributed by atoms with Crippen LogP contribution in [0, 0.1) is 6.92 Å². The molecule has 5 nitrogen and oxygen atoms in total. The standard InChI is InChI=1S/C12H12N4OS/c1-8-6-10(16-12(14-8)18-2)11(17)15-9-4-3-5-13-7-9/h3-7H,1-2H3,(H,15,17). The maximum atomic E-state index is 12.0. The highest BCUT2D eigenvalue weighted by atomic mass is 32.2. The second kappa shape index (κ2) is 5.59. The van der Waals surface area contributed by atoms with Gasteiger partial charge in [0.25, 0.3) is 5.91 Å². The Labute approximate surface area is 109 Å². The molecule has 2 heterocycles. The number of carbonyl (C=O) groups is 1. The lowest BCUT2D eigenvalue weighted by Gasteiger charge is -2.05. The summed E-state index contributed by atoms with van der Waals surface area (Å²) in [6, 6.07) is 5.19. The number of nitrogens with one attached hydrogen (secondary N) is 1. The van der Waals surface area contributed by atoms with Gasteiger partial charge in [-0.05, 0) is 31.4 Å². The zero-order chi connectivity index (χ0) is 13.0. The summed E-state index contributed by atoms with van der Waals surface area (Å²) >= 11 is 1.41. The highest BCUT2D eigenvalue weighted by Crippen LogP contribution is 2.12. The Morgan fingerprint density at radius 1 is 1.39 bits per heavy atom. The van der Waals surface area contributed by atoms with E-state index in [4.69, 9.17) is 0 Å². The van der Waals surface area contributed by atoms with Crippen LogP contribution in [0.2, 0.25) is 0 Å². The molecule has 0 atom stereocenters. The van der Waals surface area contributed by atoms with E-state index in [2.05, 4.69) is 20.3 Å². The third-order valence-corrected chi connectivity index (χ3v) is 2.72. The average Bonchev–Trinajstić information content (AvgIpc) is 2.39. The maximum Gasteiger partial charge on any atom is 0.274 e. The van der Waals surface area contributed by atoms with Gasteiger partial charge in [-0.3, -0.25) is 9.78 Å². The molecule has 2 rings (SSSR count). The molecule has 0 spiro atoms. The van der Waals surface area contributed by atoms with Crippen LogP contribution in [0.4, 0.5) is 5.69 Å². The summed E-state index contributed by atoms with van der Waals surface area (Å²) in [6.07, 6.45) is 5.11. The smallest absolute Gasteiger partial charge is 0.274 e. The number of anilines is 1. The third-order valence-electron chi connectivity index (χ3n) is 2.17. The number of hydrogen-bond donors (Lipinski definition) is 1. The van der Waals surface area contributed by atoms with E-state index in [0.717, 1.165) is 5.69 Å². The minimum absolute atomic E-state index is 0.260. The van der Waals surface area contributed by atoms with Crippen LogP contribution in [0.25, 0.3) is 0 Å². The molecule has 0 radical (unpaired) electrons. The second-order valence-corrected chi connectivity index (χ2v) is 4.35. The highest BCUT2D eigenvalue weighted by molar-refractivity contribution is 7.98. The predicted octanol–water partition coefficient (Wildman–Crippen LogP) is 2.15. The minimum atomic E-state index is -0.260. The first kappa shape index (κ1) is 12.5. The van der Waals surface area contributed by atoms with Crippen molar-refractivity contribution in [3.8, 4) is 0 Å². The number of nitrogens with zero attached hydrogens (tertiary/aromatic N) is 3. The van der Waals surface area contributed by atoms with Crippen molar-refractivity contribution in [2.75, 3.05) is 11.6 Å². The van der Waals surface area contributed by atoms with Crippen LogP contribution in [0.3, 0.4) is 0 Å².